The second kappa shape index (κ2) is 3.33. The van der Waals surface area contributed by atoms with Crippen LogP contribution < -0.4 is 11.5 Å². The second-order valence-corrected chi connectivity index (χ2v) is 2.97. The zero-order valence-electron chi connectivity index (χ0n) is 7.51. The van der Waals surface area contributed by atoms with Crippen molar-refractivity contribution in [3.05, 3.63) is 36.4 Å². The minimum absolute atomic E-state index is 0.421. The Morgan fingerprint density at radius 1 is 0.786 bits per heavy atom. The van der Waals surface area contributed by atoms with Crippen LogP contribution in [-0.4, -0.2) is 10.2 Å². The number of hydrogen-bond donors (Lipinski definition) is 2. The first-order valence-electron chi connectivity index (χ1n) is 4.21. The standard InChI is InChI=1S/C10H10N4/c11-8-3-1-7(2-4-8)9-5-6-10(12)14-13-9/h1-6H,11H2,(H2,12,14). The molecule has 1 aromatic heterocycles. The molecule has 0 aliphatic carbocycles. The Morgan fingerprint density at radius 2 is 1.50 bits per heavy atom. The van der Waals surface area contributed by atoms with Gasteiger partial charge in [-0.25, -0.2) is 0 Å². The number of rotatable bonds is 1. The molecule has 0 unspecified atom stereocenters. The van der Waals surface area contributed by atoms with Gasteiger partial charge in [0.1, 0.15) is 5.82 Å². The topological polar surface area (TPSA) is 77.8 Å². The van der Waals surface area contributed by atoms with Gasteiger partial charge in [0.15, 0.2) is 0 Å². The molecule has 2 aromatic rings. The third-order valence-corrected chi connectivity index (χ3v) is 1.89. The van der Waals surface area contributed by atoms with Crippen LogP contribution in [0.4, 0.5) is 11.5 Å². The zero-order valence-corrected chi connectivity index (χ0v) is 7.51. The average molecular weight is 186 g/mol. The van der Waals surface area contributed by atoms with Gasteiger partial charge < -0.3 is 11.5 Å². The lowest BCUT2D eigenvalue weighted by Gasteiger charge is -2.00. The first-order chi connectivity index (χ1) is 6.75. The molecular formula is C10H10N4. The lowest BCUT2D eigenvalue weighted by molar-refractivity contribution is 1.05. The quantitative estimate of drug-likeness (QED) is 0.658. The maximum atomic E-state index is 5.57. The highest BCUT2D eigenvalue weighted by molar-refractivity contribution is 5.61. The highest BCUT2D eigenvalue weighted by atomic mass is 15.1. The van der Waals surface area contributed by atoms with E-state index >= 15 is 0 Å². The Bertz CT molecular complexity index is 375. The average Bonchev–Trinajstić information content (AvgIpc) is 2.21. The van der Waals surface area contributed by atoms with Crippen LogP contribution in [0, 0.1) is 0 Å². The lowest BCUT2D eigenvalue weighted by Crippen LogP contribution is -1.93. The summed E-state index contributed by atoms with van der Waals surface area (Å²) >= 11 is 0. The SMILES string of the molecule is Nc1ccc(-c2ccc(N)nn2)cc1. The number of nitrogen functional groups attached to an aromatic ring is 2. The highest BCUT2D eigenvalue weighted by Gasteiger charge is 1.98. The van der Waals surface area contributed by atoms with E-state index in [2.05, 4.69) is 10.2 Å². The Labute approximate surface area is 81.6 Å². The van der Waals surface area contributed by atoms with E-state index < -0.39 is 0 Å². The van der Waals surface area contributed by atoms with Crippen LogP contribution in [0.1, 0.15) is 0 Å². The monoisotopic (exact) mass is 186 g/mol. The van der Waals surface area contributed by atoms with E-state index in [-0.39, 0.29) is 0 Å². The number of benzene rings is 1. The van der Waals surface area contributed by atoms with Crippen LogP contribution in [0.15, 0.2) is 36.4 Å². The Kier molecular flexibility index (Phi) is 2.02. The van der Waals surface area contributed by atoms with E-state index in [4.69, 9.17) is 11.5 Å². The molecule has 4 heteroatoms. The molecule has 1 heterocycles. The molecule has 0 atom stereocenters. The molecule has 4 nitrogen and oxygen atoms in total. The predicted molar refractivity (Wildman–Crippen MR) is 56.3 cm³/mol. The van der Waals surface area contributed by atoms with Gasteiger partial charge in [0, 0.05) is 11.3 Å². The summed E-state index contributed by atoms with van der Waals surface area (Å²) in [6.45, 7) is 0. The molecule has 0 amide bonds. The van der Waals surface area contributed by atoms with Gasteiger partial charge in [-0.3, -0.25) is 0 Å². The molecule has 4 N–H and O–H groups in total. The molecule has 0 radical (unpaired) electrons. The Balaban J connectivity index is 2.40. The molecule has 0 spiro atoms. The minimum atomic E-state index is 0.421. The van der Waals surface area contributed by atoms with E-state index in [1.54, 1.807) is 6.07 Å². The molecule has 0 bridgehead atoms. The van der Waals surface area contributed by atoms with Crippen LogP contribution >= 0.6 is 0 Å². The maximum absolute atomic E-state index is 5.57. The molecule has 2 rings (SSSR count). The summed E-state index contributed by atoms with van der Waals surface area (Å²) < 4.78 is 0. The van der Waals surface area contributed by atoms with Crippen LogP contribution in [0.25, 0.3) is 11.3 Å². The van der Waals surface area contributed by atoms with Crippen molar-refractivity contribution in [2.24, 2.45) is 0 Å². The highest BCUT2D eigenvalue weighted by Crippen LogP contribution is 2.17. The van der Waals surface area contributed by atoms with Crippen molar-refractivity contribution in [1.29, 1.82) is 0 Å². The summed E-state index contributed by atoms with van der Waals surface area (Å²) in [5, 5.41) is 7.74. The Morgan fingerprint density at radius 3 is 2.07 bits per heavy atom. The summed E-state index contributed by atoms with van der Waals surface area (Å²) in [7, 11) is 0. The van der Waals surface area contributed by atoms with Gasteiger partial charge in [-0.05, 0) is 24.3 Å². The summed E-state index contributed by atoms with van der Waals surface area (Å²) in [5.41, 5.74) is 13.5. The fraction of sp³-hybridized carbons (Fsp3) is 0. The van der Waals surface area contributed by atoms with Gasteiger partial charge in [0.05, 0.1) is 5.69 Å². The smallest absolute Gasteiger partial charge is 0.146 e. The van der Waals surface area contributed by atoms with Crippen LogP contribution in [0.5, 0.6) is 0 Å². The lowest BCUT2D eigenvalue weighted by atomic mass is 10.1. The summed E-state index contributed by atoms with van der Waals surface area (Å²) in [6.07, 6.45) is 0. The molecule has 0 aliphatic heterocycles. The first kappa shape index (κ1) is 8.50. The predicted octanol–water partition coefficient (Wildman–Crippen LogP) is 1.31. The van der Waals surface area contributed by atoms with E-state index in [0.29, 0.717) is 5.82 Å². The fourth-order valence-electron chi connectivity index (χ4n) is 1.15. The number of nitrogens with zero attached hydrogens (tertiary/aromatic N) is 2. The summed E-state index contributed by atoms with van der Waals surface area (Å²) in [5.74, 6) is 0.421. The molecule has 0 fully saturated rings. The third-order valence-electron chi connectivity index (χ3n) is 1.89. The molecular weight excluding hydrogens is 176 g/mol. The molecule has 0 saturated carbocycles. The fourth-order valence-corrected chi connectivity index (χ4v) is 1.15. The molecule has 1 aromatic carbocycles. The summed E-state index contributed by atoms with van der Waals surface area (Å²) in [6, 6.07) is 11.0. The van der Waals surface area contributed by atoms with Gasteiger partial charge in [-0.1, -0.05) is 12.1 Å². The van der Waals surface area contributed by atoms with Gasteiger partial charge in [0.2, 0.25) is 0 Å². The van der Waals surface area contributed by atoms with Gasteiger partial charge in [-0.2, -0.15) is 0 Å². The van der Waals surface area contributed by atoms with Crippen molar-refractivity contribution in [1.82, 2.24) is 10.2 Å². The molecule has 0 saturated heterocycles. The van der Waals surface area contributed by atoms with Crippen molar-refractivity contribution in [2.75, 3.05) is 11.5 Å². The van der Waals surface area contributed by atoms with Gasteiger partial charge in [0.25, 0.3) is 0 Å². The third kappa shape index (κ3) is 1.64. The van der Waals surface area contributed by atoms with Crippen LogP contribution in [0.2, 0.25) is 0 Å². The van der Waals surface area contributed by atoms with E-state index in [9.17, 15) is 0 Å². The van der Waals surface area contributed by atoms with Crippen molar-refractivity contribution in [3.8, 4) is 11.3 Å². The van der Waals surface area contributed by atoms with E-state index in [1.807, 2.05) is 30.3 Å². The van der Waals surface area contributed by atoms with Crippen molar-refractivity contribution in [3.63, 3.8) is 0 Å². The molecule has 0 aliphatic rings. The second-order valence-electron chi connectivity index (χ2n) is 2.97. The van der Waals surface area contributed by atoms with Gasteiger partial charge >= 0.3 is 0 Å². The number of nitrogens with two attached hydrogens (primary N) is 2. The molecule has 14 heavy (non-hydrogen) atoms. The minimum Gasteiger partial charge on any atom is -0.399 e. The van der Waals surface area contributed by atoms with Crippen molar-refractivity contribution < 1.29 is 0 Å². The number of aromatic nitrogens is 2. The van der Waals surface area contributed by atoms with E-state index in [1.165, 1.54) is 0 Å². The number of hydrogen-bond acceptors (Lipinski definition) is 4. The zero-order chi connectivity index (χ0) is 9.97. The van der Waals surface area contributed by atoms with Crippen molar-refractivity contribution >= 4 is 11.5 Å². The summed E-state index contributed by atoms with van der Waals surface area (Å²) in [4.78, 5) is 0. The van der Waals surface area contributed by atoms with Crippen LogP contribution in [0.3, 0.4) is 0 Å². The molecule has 70 valence electrons. The maximum Gasteiger partial charge on any atom is 0.146 e. The largest absolute Gasteiger partial charge is 0.399 e. The Hall–Kier alpha value is -2.10. The number of anilines is 2. The van der Waals surface area contributed by atoms with Crippen molar-refractivity contribution in [2.45, 2.75) is 0 Å². The van der Waals surface area contributed by atoms with Gasteiger partial charge in [-0.15, -0.1) is 10.2 Å². The van der Waals surface area contributed by atoms with Crippen LogP contribution in [-0.2, 0) is 0 Å². The normalized spacial score (nSPS) is 10.0. The van der Waals surface area contributed by atoms with E-state index in [0.717, 1.165) is 16.9 Å². The first-order valence-corrected chi connectivity index (χ1v) is 4.21.